The van der Waals surface area contributed by atoms with E-state index in [0.717, 1.165) is 14.5 Å². The van der Waals surface area contributed by atoms with E-state index in [-0.39, 0.29) is 12.5 Å². The van der Waals surface area contributed by atoms with Gasteiger partial charge in [0.05, 0.1) is 16.6 Å². The van der Waals surface area contributed by atoms with Crippen LogP contribution in [-0.4, -0.2) is 19.6 Å². The Hall–Kier alpha value is -1.24. The van der Waals surface area contributed by atoms with Gasteiger partial charge in [0.25, 0.3) is 5.91 Å². The molecular weight excluding hydrogens is 449 g/mol. The quantitative estimate of drug-likeness (QED) is 0.663. The van der Waals surface area contributed by atoms with Crippen molar-refractivity contribution in [1.29, 1.82) is 0 Å². The summed E-state index contributed by atoms with van der Waals surface area (Å²) in [7, 11) is 1.53. The Bertz CT molecular complexity index is 714. The van der Waals surface area contributed by atoms with Crippen LogP contribution < -0.4 is 14.8 Å². The van der Waals surface area contributed by atoms with Crippen LogP contribution in [0.15, 0.2) is 39.3 Å². The van der Waals surface area contributed by atoms with Crippen LogP contribution in [0, 0.1) is 6.92 Å². The van der Waals surface area contributed by atoms with E-state index in [1.807, 2.05) is 19.1 Å². The SMILES string of the molecule is COc1ccc(NC(=O)COc2c(C)cc(Br)cc2Br)cc1Cl. The van der Waals surface area contributed by atoms with Crippen LogP contribution in [-0.2, 0) is 4.79 Å². The summed E-state index contributed by atoms with van der Waals surface area (Å²) in [6.07, 6.45) is 0. The molecule has 2 aromatic rings. The number of rotatable bonds is 5. The van der Waals surface area contributed by atoms with Gasteiger partial charge in [-0.2, -0.15) is 0 Å². The summed E-state index contributed by atoms with van der Waals surface area (Å²) in [5.41, 5.74) is 1.50. The van der Waals surface area contributed by atoms with E-state index in [1.165, 1.54) is 7.11 Å². The van der Waals surface area contributed by atoms with Gasteiger partial charge >= 0.3 is 0 Å². The molecule has 0 aliphatic carbocycles. The lowest BCUT2D eigenvalue weighted by Crippen LogP contribution is -2.20. The average molecular weight is 464 g/mol. The van der Waals surface area contributed by atoms with Gasteiger partial charge in [0.1, 0.15) is 11.5 Å². The molecule has 0 aliphatic rings. The first-order valence-corrected chi connectivity index (χ1v) is 8.59. The van der Waals surface area contributed by atoms with E-state index < -0.39 is 0 Å². The molecule has 0 aliphatic heterocycles. The molecule has 2 aromatic carbocycles. The van der Waals surface area contributed by atoms with Crippen molar-refractivity contribution in [3.05, 3.63) is 49.9 Å². The fraction of sp³-hybridized carbons (Fsp3) is 0.188. The average Bonchev–Trinajstić information content (AvgIpc) is 2.46. The predicted octanol–water partition coefficient (Wildman–Crippen LogP) is 5.20. The Morgan fingerprint density at radius 2 is 2.00 bits per heavy atom. The second-order valence-corrected chi connectivity index (χ2v) is 6.90. The summed E-state index contributed by atoms with van der Waals surface area (Å²) >= 11 is 12.8. The third kappa shape index (κ3) is 4.86. The highest BCUT2D eigenvalue weighted by molar-refractivity contribution is 9.11. The maximum absolute atomic E-state index is 12.0. The largest absolute Gasteiger partial charge is 0.495 e. The Morgan fingerprint density at radius 3 is 2.61 bits per heavy atom. The molecule has 122 valence electrons. The molecular formula is C16H14Br2ClNO3. The highest BCUT2D eigenvalue weighted by Gasteiger charge is 2.10. The van der Waals surface area contributed by atoms with Gasteiger partial charge in [0.15, 0.2) is 6.61 Å². The second-order valence-electron chi connectivity index (χ2n) is 4.72. The van der Waals surface area contributed by atoms with Gasteiger partial charge in [-0.05, 0) is 58.7 Å². The van der Waals surface area contributed by atoms with Gasteiger partial charge in [-0.3, -0.25) is 4.79 Å². The van der Waals surface area contributed by atoms with Crippen molar-refractivity contribution in [2.45, 2.75) is 6.92 Å². The zero-order valence-electron chi connectivity index (χ0n) is 12.5. The summed E-state index contributed by atoms with van der Waals surface area (Å²) < 4.78 is 12.4. The number of hydrogen-bond acceptors (Lipinski definition) is 3. The number of carbonyl (C=O) groups is 1. The fourth-order valence-corrected chi connectivity index (χ4v) is 3.76. The molecule has 0 saturated heterocycles. The Kier molecular flexibility index (Phi) is 6.33. The number of amides is 1. The zero-order chi connectivity index (χ0) is 17.0. The molecule has 0 fully saturated rings. The summed E-state index contributed by atoms with van der Waals surface area (Å²) in [6.45, 7) is 1.80. The molecule has 0 radical (unpaired) electrons. The van der Waals surface area contributed by atoms with Gasteiger partial charge in [-0.1, -0.05) is 27.5 Å². The number of hydrogen-bond donors (Lipinski definition) is 1. The first kappa shape index (κ1) is 18.1. The molecule has 0 atom stereocenters. The smallest absolute Gasteiger partial charge is 0.262 e. The minimum Gasteiger partial charge on any atom is -0.495 e. The number of anilines is 1. The van der Waals surface area contributed by atoms with Crippen molar-refractivity contribution >= 4 is 55.1 Å². The van der Waals surface area contributed by atoms with Crippen LogP contribution in [0.4, 0.5) is 5.69 Å². The molecule has 1 N–H and O–H groups in total. The Labute approximate surface area is 156 Å². The summed E-state index contributed by atoms with van der Waals surface area (Å²) in [6, 6.07) is 8.81. The lowest BCUT2D eigenvalue weighted by molar-refractivity contribution is -0.118. The number of carbonyl (C=O) groups excluding carboxylic acids is 1. The second kappa shape index (κ2) is 8.04. The number of halogens is 3. The third-order valence-electron chi connectivity index (χ3n) is 2.98. The van der Waals surface area contributed by atoms with Gasteiger partial charge in [0.2, 0.25) is 0 Å². The maximum atomic E-state index is 12.0. The molecule has 23 heavy (non-hydrogen) atoms. The lowest BCUT2D eigenvalue weighted by Gasteiger charge is -2.12. The van der Waals surface area contributed by atoms with Crippen LogP contribution in [0.25, 0.3) is 0 Å². The number of benzene rings is 2. The topological polar surface area (TPSA) is 47.6 Å². The van der Waals surface area contributed by atoms with Crippen LogP contribution in [0.1, 0.15) is 5.56 Å². The van der Waals surface area contributed by atoms with E-state index in [0.29, 0.717) is 22.2 Å². The number of nitrogens with one attached hydrogen (secondary N) is 1. The van der Waals surface area contributed by atoms with Crippen molar-refractivity contribution in [2.75, 3.05) is 19.0 Å². The fourth-order valence-electron chi connectivity index (χ4n) is 1.95. The van der Waals surface area contributed by atoms with Crippen LogP contribution in [0.3, 0.4) is 0 Å². The minimum atomic E-state index is -0.277. The molecule has 0 spiro atoms. The molecule has 0 heterocycles. The van der Waals surface area contributed by atoms with Crippen LogP contribution in [0.2, 0.25) is 5.02 Å². The predicted molar refractivity (Wildman–Crippen MR) is 98.7 cm³/mol. The first-order chi connectivity index (χ1) is 10.9. The molecule has 2 rings (SSSR count). The van der Waals surface area contributed by atoms with Crippen molar-refractivity contribution in [3.8, 4) is 11.5 Å². The molecule has 4 nitrogen and oxygen atoms in total. The van der Waals surface area contributed by atoms with E-state index >= 15 is 0 Å². The van der Waals surface area contributed by atoms with Crippen LogP contribution in [0.5, 0.6) is 11.5 Å². The number of ether oxygens (including phenoxy) is 2. The monoisotopic (exact) mass is 461 g/mol. The Balaban J connectivity index is 1.99. The molecule has 0 aromatic heterocycles. The summed E-state index contributed by atoms with van der Waals surface area (Å²) in [4.78, 5) is 12.0. The van der Waals surface area contributed by atoms with Crippen molar-refractivity contribution in [3.63, 3.8) is 0 Å². The third-order valence-corrected chi connectivity index (χ3v) is 4.32. The molecule has 0 bridgehead atoms. The van der Waals surface area contributed by atoms with E-state index in [2.05, 4.69) is 37.2 Å². The summed E-state index contributed by atoms with van der Waals surface area (Å²) in [5, 5.41) is 3.15. The lowest BCUT2D eigenvalue weighted by atomic mass is 10.2. The molecule has 0 unspecified atom stereocenters. The van der Waals surface area contributed by atoms with Crippen molar-refractivity contribution in [1.82, 2.24) is 0 Å². The number of methoxy groups -OCH3 is 1. The zero-order valence-corrected chi connectivity index (χ0v) is 16.4. The number of aryl methyl sites for hydroxylation is 1. The Morgan fingerprint density at radius 1 is 1.26 bits per heavy atom. The minimum absolute atomic E-state index is 0.106. The van der Waals surface area contributed by atoms with Gasteiger partial charge in [0, 0.05) is 10.2 Å². The van der Waals surface area contributed by atoms with Gasteiger partial charge in [-0.25, -0.2) is 0 Å². The molecule has 7 heteroatoms. The van der Waals surface area contributed by atoms with E-state index in [9.17, 15) is 4.79 Å². The highest BCUT2D eigenvalue weighted by Crippen LogP contribution is 2.32. The molecule has 1 amide bonds. The normalized spacial score (nSPS) is 10.3. The molecule has 0 saturated carbocycles. The maximum Gasteiger partial charge on any atom is 0.262 e. The van der Waals surface area contributed by atoms with E-state index in [1.54, 1.807) is 18.2 Å². The van der Waals surface area contributed by atoms with E-state index in [4.69, 9.17) is 21.1 Å². The standard InChI is InChI=1S/C16H14Br2ClNO3/c1-9-5-10(17)6-12(18)16(9)23-8-15(21)20-11-3-4-14(22-2)13(19)7-11/h3-7H,8H2,1-2H3,(H,20,21). The first-order valence-electron chi connectivity index (χ1n) is 6.62. The van der Waals surface area contributed by atoms with Gasteiger partial charge < -0.3 is 14.8 Å². The summed E-state index contributed by atoms with van der Waals surface area (Å²) in [5.74, 6) is 0.909. The van der Waals surface area contributed by atoms with Gasteiger partial charge in [-0.15, -0.1) is 0 Å². The highest BCUT2D eigenvalue weighted by atomic mass is 79.9. The van der Waals surface area contributed by atoms with Crippen LogP contribution >= 0.6 is 43.5 Å². The van der Waals surface area contributed by atoms with Crippen molar-refractivity contribution in [2.24, 2.45) is 0 Å². The van der Waals surface area contributed by atoms with Crippen molar-refractivity contribution < 1.29 is 14.3 Å².